The van der Waals surface area contributed by atoms with Gasteiger partial charge in [0.15, 0.2) is 5.82 Å². The molecule has 0 bridgehead atoms. The minimum atomic E-state index is -0.290. The van der Waals surface area contributed by atoms with E-state index in [1.807, 2.05) is 18.2 Å². The molecule has 162 valence electrons. The Balaban J connectivity index is 1.41. The van der Waals surface area contributed by atoms with Gasteiger partial charge in [0.25, 0.3) is 5.91 Å². The van der Waals surface area contributed by atoms with Crippen LogP contribution in [0, 0.1) is 5.82 Å². The van der Waals surface area contributed by atoms with Crippen molar-refractivity contribution in [1.82, 2.24) is 9.78 Å². The van der Waals surface area contributed by atoms with Crippen molar-refractivity contribution in [3.63, 3.8) is 0 Å². The van der Waals surface area contributed by atoms with E-state index in [-0.39, 0.29) is 11.7 Å². The summed E-state index contributed by atoms with van der Waals surface area (Å²) in [4.78, 5) is 12.8. The summed E-state index contributed by atoms with van der Waals surface area (Å²) in [5, 5.41) is 7.82. The van der Waals surface area contributed by atoms with Crippen LogP contribution < -0.4 is 10.1 Å². The van der Waals surface area contributed by atoms with Crippen LogP contribution in [0.5, 0.6) is 5.75 Å². The lowest BCUT2D eigenvalue weighted by molar-refractivity contribution is 0.102. The summed E-state index contributed by atoms with van der Waals surface area (Å²) in [5.74, 6) is 0.478. The molecule has 0 fully saturated rings. The fourth-order valence-corrected chi connectivity index (χ4v) is 3.64. The van der Waals surface area contributed by atoms with Gasteiger partial charge >= 0.3 is 0 Å². The maximum Gasteiger partial charge on any atom is 0.256 e. The van der Waals surface area contributed by atoms with E-state index in [0.29, 0.717) is 39.8 Å². The van der Waals surface area contributed by atoms with E-state index in [1.54, 1.807) is 53.3 Å². The van der Waals surface area contributed by atoms with Crippen molar-refractivity contribution in [1.29, 1.82) is 0 Å². The number of aromatic nitrogens is 2. The van der Waals surface area contributed by atoms with Gasteiger partial charge in [-0.1, -0.05) is 41.9 Å². The summed E-state index contributed by atoms with van der Waals surface area (Å²) in [7, 11) is 0. The highest BCUT2D eigenvalue weighted by atomic mass is 79.9. The minimum Gasteiger partial charge on any atom is -0.489 e. The van der Waals surface area contributed by atoms with Crippen LogP contribution in [0.4, 0.5) is 10.2 Å². The molecule has 0 atom stereocenters. The van der Waals surface area contributed by atoms with Crippen LogP contribution >= 0.6 is 27.5 Å². The van der Waals surface area contributed by atoms with E-state index in [9.17, 15) is 9.18 Å². The number of ether oxygens (including phenoxy) is 1. The summed E-state index contributed by atoms with van der Waals surface area (Å²) in [6.45, 7) is 0.753. The Morgan fingerprint density at radius 3 is 2.62 bits per heavy atom. The summed E-state index contributed by atoms with van der Waals surface area (Å²) >= 11 is 9.40. The van der Waals surface area contributed by atoms with E-state index >= 15 is 0 Å². The molecule has 4 aromatic rings. The van der Waals surface area contributed by atoms with Gasteiger partial charge in [0.2, 0.25) is 0 Å². The molecule has 0 aliphatic rings. The zero-order valence-corrected chi connectivity index (χ0v) is 19.1. The monoisotopic (exact) mass is 513 g/mol. The molecule has 0 saturated carbocycles. The highest BCUT2D eigenvalue weighted by Gasteiger charge is 2.13. The van der Waals surface area contributed by atoms with Crippen molar-refractivity contribution in [3.8, 4) is 5.75 Å². The summed E-state index contributed by atoms with van der Waals surface area (Å²) < 4.78 is 21.2. The molecule has 8 heteroatoms. The summed E-state index contributed by atoms with van der Waals surface area (Å²) in [6.07, 6.45) is 1.76. The van der Waals surface area contributed by atoms with Gasteiger partial charge in [-0.15, -0.1) is 0 Å². The lowest BCUT2D eigenvalue weighted by atomic mass is 10.1. The number of hydrogen-bond donors (Lipinski definition) is 1. The van der Waals surface area contributed by atoms with Crippen LogP contribution in [0.2, 0.25) is 5.02 Å². The SMILES string of the molecule is O=C(Nc1nn(Cc2ccc(F)cc2)cc1Br)c1cccc(COc2cccc(Cl)c2)c1. The van der Waals surface area contributed by atoms with E-state index in [0.717, 1.165) is 11.1 Å². The van der Waals surface area contributed by atoms with Crippen LogP contribution in [0.25, 0.3) is 0 Å². The van der Waals surface area contributed by atoms with Crippen molar-refractivity contribution in [3.05, 3.63) is 111 Å². The zero-order valence-electron chi connectivity index (χ0n) is 16.8. The van der Waals surface area contributed by atoms with Gasteiger partial charge in [-0.05, 0) is 69.5 Å². The van der Waals surface area contributed by atoms with Gasteiger partial charge in [-0.25, -0.2) is 4.39 Å². The third-order valence-electron chi connectivity index (χ3n) is 4.60. The van der Waals surface area contributed by atoms with Gasteiger partial charge in [0.1, 0.15) is 18.2 Å². The summed E-state index contributed by atoms with van der Waals surface area (Å²) in [6, 6.07) is 20.5. The van der Waals surface area contributed by atoms with Crippen LogP contribution in [0.3, 0.4) is 0 Å². The molecule has 0 aliphatic heterocycles. The molecule has 1 amide bonds. The van der Waals surface area contributed by atoms with Crippen molar-refractivity contribution in [2.45, 2.75) is 13.2 Å². The molecular formula is C24H18BrClFN3O2. The first kappa shape index (κ1) is 22.0. The average molecular weight is 515 g/mol. The maximum absolute atomic E-state index is 13.1. The first-order valence-electron chi connectivity index (χ1n) is 9.72. The largest absolute Gasteiger partial charge is 0.489 e. The predicted molar refractivity (Wildman–Crippen MR) is 126 cm³/mol. The Kier molecular flexibility index (Phi) is 6.87. The second-order valence-corrected chi connectivity index (χ2v) is 8.34. The van der Waals surface area contributed by atoms with Crippen molar-refractivity contribution >= 4 is 39.3 Å². The topological polar surface area (TPSA) is 56.2 Å². The van der Waals surface area contributed by atoms with Crippen molar-refractivity contribution in [2.75, 3.05) is 5.32 Å². The van der Waals surface area contributed by atoms with Crippen LogP contribution in [-0.4, -0.2) is 15.7 Å². The Bertz CT molecular complexity index is 1240. The number of nitrogens with one attached hydrogen (secondary N) is 1. The number of benzene rings is 3. The number of carbonyl (C=O) groups excluding carboxylic acids is 1. The molecule has 0 spiro atoms. The highest BCUT2D eigenvalue weighted by Crippen LogP contribution is 2.22. The zero-order chi connectivity index (χ0) is 22.5. The third kappa shape index (κ3) is 5.75. The first-order valence-corrected chi connectivity index (χ1v) is 10.9. The Morgan fingerprint density at radius 1 is 1.06 bits per heavy atom. The second-order valence-electron chi connectivity index (χ2n) is 7.05. The lowest BCUT2D eigenvalue weighted by Crippen LogP contribution is -2.13. The molecule has 4 rings (SSSR count). The number of rotatable bonds is 7. The predicted octanol–water partition coefficient (Wildman–Crippen LogP) is 6.32. The quantitative estimate of drug-likeness (QED) is 0.314. The Hall–Kier alpha value is -3.16. The molecule has 0 unspecified atom stereocenters. The van der Waals surface area contributed by atoms with Gasteiger partial charge in [-0.2, -0.15) is 5.10 Å². The smallest absolute Gasteiger partial charge is 0.256 e. The average Bonchev–Trinajstić information content (AvgIpc) is 3.12. The van der Waals surface area contributed by atoms with E-state index in [1.165, 1.54) is 12.1 Å². The lowest BCUT2D eigenvalue weighted by Gasteiger charge is -2.08. The number of amides is 1. The van der Waals surface area contributed by atoms with Gasteiger partial charge < -0.3 is 10.1 Å². The summed E-state index contributed by atoms with van der Waals surface area (Å²) in [5.41, 5.74) is 2.22. The molecular weight excluding hydrogens is 497 g/mol. The van der Waals surface area contributed by atoms with Crippen molar-refractivity contribution < 1.29 is 13.9 Å². The molecule has 1 N–H and O–H groups in total. The van der Waals surface area contributed by atoms with Gasteiger partial charge in [0.05, 0.1) is 11.0 Å². The fourth-order valence-electron chi connectivity index (χ4n) is 3.05. The highest BCUT2D eigenvalue weighted by molar-refractivity contribution is 9.10. The van der Waals surface area contributed by atoms with Crippen LogP contribution in [-0.2, 0) is 13.2 Å². The van der Waals surface area contributed by atoms with Gasteiger partial charge in [-0.3, -0.25) is 9.48 Å². The standard InChI is InChI=1S/C24H18BrClFN3O2/c25-22-14-30(13-16-7-9-20(27)10-8-16)29-23(22)28-24(31)18-4-1-3-17(11-18)15-32-21-6-2-5-19(26)12-21/h1-12,14H,13,15H2,(H,28,29,31). The normalized spacial score (nSPS) is 10.7. The molecule has 0 radical (unpaired) electrons. The molecule has 0 aliphatic carbocycles. The second kappa shape index (κ2) is 9.97. The van der Waals surface area contributed by atoms with Crippen molar-refractivity contribution in [2.24, 2.45) is 0 Å². The molecule has 0 saturated heterocycles. The molecule has 5 nitrogen and oxygen atoms in total. The molecule has 1 aromatic heterocycles. The molecule has 32 heavy (non-hydrogen) atoms. The number of anilines is 1. The van der Waals surface area contributed by atoms with E-state index in [4.69, 9.17) is 16.3 Å². The fraction of sp³-hybridized carbons (Fsp3) is 0.0833. The Labute approximate surface area is 197 Å². The molecule has 3 aromatic carbocycles. The van der Waals surface area contributed by atoms with E-state index < -0.39 is 0 Å². The number of carbonyl (C=O) groups is 1. The third-order valence-corrected chi connectivity index (χ3v) is 5.41. The van der Waals surface area contributed by atoms with Crippen LogP contribution in [0.15, 0.2) is 83.5 Å². The molecule has 1 heterocycles. The first-order chi connectivity index (χ1) is 15.5. The maximum atomic E-state index is 13.1. The number of hydrogen-bond acceptors (Lipinski definition) is 3. The van der Waals surface area contributed by atoms with E-state index in [2.05, 4.69) is 26.3 Å². The minimum absolute atomic E-state index is 0.288. The number of nitrogens with zero attached hydrogens (tertiary/aromatic N) is 2. The Morgan fingerprint density at radius 2 is 1.84 bits per heavy atom. The van der Waals surface area contributed by atoms with Crippen LogP contribution in [0.1, 0.15) is 21.5 Å². The number of halogens is 3. The van der Waals surface area contributed by atoms with Gasteiger partial charge in [0, 0.05) is 16.8 Å².